The second-order valence-corrected chi connectivity index (χ2v) is 7.92. The summed E-state index contributed by atoms with van der Waals surface area (Å²) >= 11 is 0. The summed E-state index contributed by atoms with van der Waals surface area (Å²) < 4.78 is 0. The van der Waals surface area contributed by atoms with E-state index in [1.54, 1.807) is 22.3 Å². The lowest BCUT2D eigenvalue weighted by Crippen LogP contribution is -2.48. The van der Waals surface area contributed by atoms with E-state index in [1.165, 1.54) is 58.4 Å². The first-order valence-electron chi connectivity index (χ1n) is 10.5. The molecule has 0 spiro atoms. The third-order valence-electron chi connectivity index (χ3n) is 6.28. The highest BCUT2D eigenvalue weighted by Crippen LogP contribution is 2.33. The molecule has 0 N–H and O–H groups in total. The first kappa shape index (κ1) is 17.8. The van der Waals surface area contributed by atoms with Gasteiger partial charge >= 0.3 is 0 Å². The molecule has 2 aromatic rings. The van der Waals surface area contributed by atoms with Crippen LogP contribution in [0.25, 0.3) is 0 Å². The number of hydrogen-bond acceptors (Lipinski definition) is 2. The molecule has 0 amide bonds. The predicted octanol–water partition coefficient (Wildman–Crippen LogP) is 4.49. The van der Waals surface area contributed by atoms with Crippen molar-refractivity contribution in [3.8, 4) is 0 Å². The van der Waals surface area contributed by atoms with E-state index in [2.05, 4.69) is 65.3 Å². The number of benzene rings is 2. The van der Waals surface area contributed by atoms with Crippen LogP contribution in [0.15, 0.2) is 48.5 Å². The van der Waals surface area contributed by atoms with Crippen LogP contribution in [-0.2, 0) is 19.3 Å². The van der Waals surface area contributed by atoms with Crippen molar-refractivity contribution in [1.82, 2.24) is 9.80 Å². The van der Waals surface area contributed by atoms with Gasteiger partial charge in [-0.25, -0.2) is 0 Å². The molecule has 0 saturated carbocycles. The molecule has 26 heavy (non-hydrogen) atoms. The van der Waals surface area contributed by atoms with Crippen LogP contribution in [0.4, 0.5) is 0 Å². The van der Waals surface area contributed by atoms with E-state index in [0.717, 1.165) is 6.42 Å². The Morgan fingerprint density at radius 1 is 0.808 bits per heavy atom. The molecule has 1 saturated heterocycles. The van der Waals surface area contributed by atoms with Crippen molar-refractivity contribution in [2.75, 3.05) is 32.7 Å². The molecule has 2 aliphatic rings. The maximum atomic E-state index is 2.75. The zero-order valence-electron chi connectivity index (χ0n) is 16.2. The standard InChI is InChI=1S/C24H32N2/c1-2-3-14-25-15-17-26(18-16-25)24-19-22-10-5-4-8-20(22)12-13-21-9-6-7-11-23(21)24/h4-11,24H,2-3,12-19H2,1H3. The summed E-state index contributed by atoms with van der Waals surface area (Å²) in [7, 11) is 0. The Balaban J connectivity index is 1.57. The lowest BCUT2D eigenvalue weighted by Gasteiger charge is -2.41. The van der Waals surface area contributed by atoms with Gasteiger partial charge in [0.05, 0.1) is 0 Å². The van der Waals surface area contributed by atoms with Crippen LogP contribution in [0.3, 0.4) is 0 Å². The van der Waals surface area contributed by atoms with E-state index >= 15 is 0 Å². The van der Waals surface area contributed by atoms with Gasteiger partial charge < -0.3 is 4.90 Å². The molecule has 0 bridgehead atoms. The monoisotopic (exact) mass is 348 g/mol. The molecule has 1 unspecified atom stereocenters. The summed E-state index contributed by atoms with van der Waals surface area (Å²) in [6, 6.07) is 18.8. The summed E-state index contributed by atoms with van der Waals surface area (Å²) in [5, 5.41) is 0. The molecule has 138 valence electrons. The van der Waals surface area contributed by atoms with Crippen LogP contribution in [-0.4, -0.2) is 42.5 Å². The average molecular weight is 349 g/mol. The Bertz CT molecular complexity index is 716. The van der Waals surface area contributed by atoms with Gasteiger partial charge in [-0.3, -0.25) is 4.90 Å². The van der Waals surface area contributed by atoms with Crippen molar-refractivity contribution >= 4 is 0 Å². The van der Waals surface area contributed by atoms with Crippen molar-refractivity contribution < 1.29 is 0 Å². The Hall–Kier alpha value is -1.64. The highest BCUT2D eigenvalue weighted by Gasteiger charge is 2.28. The lowest BCUT2D eigenvalue weighted by atomic mass is 9.85. The fourth-order valence-electron chi connectivity index (χ4n) is 4.68. The zero-order valence-corrected chi connectivity index (χ0v) is 16.2. The molecule has 1 fully saturated rings. The van der Waals surface area contributed by atoms with Crippen molar-refractivity contribution in [3.05, 3.63) is 70.8 Å². The van der Waals surface area contributed by atoms with Gasteiger partial charge in [0.1, 0.15) is 0 Å². The van der Waals surface area contributed by atoms with E-state index in [9.17, 15) is 0 Å². The number of hydrogen-bond donors (Lipinski definition) is 0. The van der Waals surface area contributed by atoms with Crippen LogP contribution >= 0.6 is 0 Å². The molecule has 1 atom stereocenters. The quantitative estimate of drug-likeness (QED) is 0.803. The molecule has 4 rings (SSSR count). The largest absolute Gasteiger partial charge is 0.301 e. The Labute approximate surface area is 158 Å². The number of fused-ring (bicyclic) bond motifs is 2. The van der Waals surface area contributed by atoms with Crippen LogP contribution in [0.1, 0.15) is 48.1 Å². The van der Waals surface area contributed by atoms with Crippen LogP contribution in [0, 0.1) is 0 Å². The van der Waals surface area contributed by atoms with Gasteiger partial charge in [-0.15, -0.1) is 0 Å². The number of nitrogens with zero attached hydrogens (tertiary/aromatic N) is 2. The van der Waals surface area contributed by atoms with Gasteiger partial charge in [0, 0.05) is 32.2 Å². The van der Waals surface area contributed by atoms with Crippen LogP contribution in [0.2, 0.25) is 0 Å². The summed E-state index contributed by atoms with van der Waals surface area (Å²) in [5.41, 5.74) is 6.23. The van der Waals surface area contributed by atoms with Gasteiger partial charge in [0.15, 0.2) is 0 Å². The summed E-state index contributed by atoms with van der Waals surface area (Å²) in [6.45, 7) is 8.41. The van der Waals surface area contributed by atoms with Gasteiger partial charge in [-0.1, -0.05) is 61.9 Å². The molecule has 0 radical (unpaired) electrons. The maximum absolute atomic E-state index is 2.75. The molecule has 1 aliphatic carbocycles. The first-order chi connectivity index (χ1) is 12.8. The van der Waals surface area contributed by atoms with E-state index in [-0.39, 0.29) is 0 Å². The minimum Gasteiger partial charge on any atom is -0.301 e. The van der Waals surface area contributed by atoms with Crippen molar-refractivity contribution in [2.45, 2.75) is 45.1 Å². The van der Waals surface area contributed by atoms with Crippen molar-refractivity contribution in [2.24, 2.45) is 0 Å². The fraction of sp³-hybridized carbons (Fsp3) is 0.500. The normalized spacial score (nSPS) is 21.5. The smallest absolute Gasteiger partial charge is 0.0392 e. The number of piperazine rings is 1. The Morgan fingerprint density at radius 3 is 2.23 bits per heavy atom. The van der Waals surface area contributed by atoms with Crippen LogP contribution < -0.4 is 0 Å². The highest BCUT2D eigenvalue weighted by atomic mass is 15.3. The first-order valence-corrected chi connectivity index (χ1v) is 10.5. The average Bonchev–Trinajstić information content (AvgIpc) is 2.69. The SMILES string of the molecule is CCCCN1CCN(C2Cc3ccccc3CCc3ccccc32)CC1. The third-order valence-corrected chi connectivity index (χ3v) is 6.28. The minimum absolute atomic E-state index is 0.529. The van der Waals surface area contributed by atoms with Crippen molar-refractivity contribution in [3.63, 3.8) is 0 Å². The Kier molecular flexibility index (Phi) is 5.72. The second kappa shape index (κ2) is 8.37. The van der Waals surface area contributed by atoms with Crippen LogP contribution in [0.5, 0.6) is 0 Å². The number of rotatable bonds is 4. The van der Waals surface area contributed by atoms with E-state index in [1.807, 2.05) is 0 Å². The molecule has 1 aliphatic heterocycles. The maximum Gasteiger partial charge on any atom is 0.0392 e. The fourth-order valence-corrected chi connectivity index (χ4v) is 4.68. The van der Waals surface area contributed by atoms with Gasteiger partial charge in [0.2, 0.25) is 0 Å². The highest BCUT2D eigenvalue weighted by molar-refractivity contribution is 5.38. The summed E-state index contributed by atoms with van der Waals surface area (Å²) in [4.78, 5) is 5.41. The molecular weight excluding hydrogens is 316 g/mol. The van der Waals surface area contributed by atoms with E-state index in [4.69, 9.17) is 0 Å². The van der Waals surface area contributed by atoms with Gasteiger partial charge in [-0.05, 0) is 54.5 Å². The van der Waals surface area contributed by atoms with E-state index in [0.29, 0.717) is 6.04 Å². The molecule has 1 heterocycles. The zero-order chi connectivity index (χ0) is 17.8. The Morgan fingerprint density at radius 2 is 1.46 bits per heavy atom. The topological polar surface area (TPSA) is 6.48 Å². The summed E-state index contributed by atoms with van der Waals surface area (Å²) in [6.07, 6.45) is 6.12. The molecule has 2 nitrogen and oxygen atoms in total. The second-order valence-electron chi connectivity index (χ2n) is 7.92. The number of unbranched alkanes of at least 4 members (excludes halogenated alkanes) is 1. The van der Waals surface area contributed by atoms with Gasteiger partial charge in [-0.2, -0.15) is 0 Å². The minimum atomic E-state index is 0.529. The van der Waals surface area contributed by atoms with Gasteiger partial charge in [0.25, 0.3) is 0 Å². The third kappa shape index (κ3) is 3.87. The van der Waals surface area contributed by atoms with Crippen molar-refractivity contribution in [1.29, 1.82) is 0 Å². The molecule has 2 heteroatoms. The summed E-state index contributed by atoms with van der Waals surface area (Å²) in [5.74, 6) is 0. The lowest BCUT2D eigenvalue weighted by molar-refractivity contribution is 0.0939. The number of aryl methyl sites for hydroxylation is 2. The molecular formula is C24H32N2. The molecule has 2 aromatic carbocycles. The predicted molar refractivity (Wildman–Crippen MR) is 110 cm³/mol. The molecule has 0 aromatic heterocycles. The van der Waals surface area contributed by atoms with E-state index < -0.39 is 0 Å².